The van der Waals surface area contributed by atoms with E-state index >= 15 is 0 Å². The summed E-state index contributed by atoms with van der Waals surface area (Å²) in [6, 6.07) is 3.94. The second kappa shape index (κ2) is 5.56. The van der Waals surface area contributed by atoms with Crippen molar-refractivity contribution in [3.8, 4) is 0 Å². The molecule has 0 aliphatic rings. The standard InChI is InChI=1S/C14H18ClNO/c1-3-7-16-8-6-11-9-17-14-12(15)5-4-10(2)13(11)14/h4-5,9,16H,3,6-8H2,1-2H3. The van der Waals surface area contributed by atoms with Gasteiger partial charge >= 0.3 is 0 Å². The Labute approximate surface area is 107 Å². The zero-order valence-electron chi connectivity index (χ0n) is 10.3. The first kappa shape index (κ1) is 12.5. The van der Waals surface area contributed by atoms with Gasteiger partial charge in [0.25, 0.3) is 0 Å². The molecule has 0 aliphatic carbocycles. The molecule has 1 heterocycles. The maximum Gasteiger partial charge on any atom is 0.152 e. The first-order valence-corrected chi connectivity index (χ1v) is 6.47. The first-order valence-electron chi connectivity index (χ1n) is 6.10. The lowest BCUT2D eigenvalue weighted by atomic mass is 10.1. The molecule has 1 aromatic heterocycles. The van der Waals surface area contributed by atoms with E-state index in [1.54, 1.807) is 0 Å². The largest absolute Gasteiger partial charge is 0.462 e. The summed E-state index contributed by atoms with van der Waals surface area (Å²) >= 11 is 6.12. The molecule has 3 heteroatoms. The smallest absolute Gasteiger partial charge is 0.152 e. The highest BCUT2D eigenvalue weighted by atomic mass is 35.5. The van der Waals surface area contributed by atoms with Gasteiger partial charge in [0.05, 0.1) is 11.3 Å². The Kier molecular flexibility index (Phi) is 4.08. The summed E-state index contributed by atoms with van der Waals surface area (Å²) in [5.74, 6) is 0. The van der Waals surface area contributed by atoms with Crippen LogP contribution in [0.2, 0.25) is 5.02 Å². The van der Waals surface area contributed by atoms with Crippen molar-refractivity contribution in [1.29, 1.82) is 0 Å². The predicted octanol–water partition coefficient (Wildman–Crippen LogP) is 3.94. The second-order valence-corrected chi connectivity index (χ2v) is 4.74. The molecule has 0 saturated carbocycles. The number of halogens is 1. The van der Waals surface area contributed by atoms with Crippen molar-refractivity contribution in [2.45, 2.75) is 26.7 Å². The van der Waals surface area contributed by atoms with E-state index in [0.717, 1.165) is 31.5 Å². The van der Waals surface area contributed by atoms with Gasteiger partial charge < -0.3 is 9.73 Å². The van der Waals surface area contributed by atoms with E-state index in [9.17, 15) is 0 Å². The van der Waals surface area contributed by atoms with Crippen LogP contribution in [0.5, 0.6) is 0 Å². The Morgan fingerprint density at radius 2 is 2.12 bits per heavy atom. The van der Waals surface area contributed by atoms with Gasteiger partial charge in [-0.15, -0.1) is 0 Å². The van der Waals surface area contributed by atoms with Gasteiger partial charge in [0, 0.05) is 5.39 Å². The number of nitrogens with one attached hydrogen (secondary N) is 1. The molecule has 1 aromatic carbocycles. The van der Waals surface area contributed by atoms with Crippen molar-refractivity contribution in [3.63, 3.8) is 0 Å². The second-order valence-electron chi connectivity index (χ2n) is 4.33. The molecule has 2 rings (SSSR count). The third-order valence-electron chi connectivity index (χ3n) is 2.96. The van der Waals surface area contributed by atoms with Crippen LogP contribution in [-0.2, 0) is 6.42 Å². The molecule has 0 spiro atoms. The van der Waals surface area contributed by atoms with Gasteiger partial charge in [-0.1, -0.05) is 24.6 Å². The molecule has 0 amide bonds. The normalized spacial score (nSPS) is 11.2. The van der Waals surface area contributed by atoms with E-state index in [1.165, 1.54) is 16.5 Å². The average molecular weight is 252 g/mol. The third-order valence-corrected chi connectivity index (χ3v) is 3.25. The summed E-state index contributed by atoms with van der Waals surface area (Å²) < 4.78 is 5.56. The van der Waals surface area contributed by atoms with E-state index < -0.39 is 0 Å². The fourth-order valence-corrected chi connectivity index (χ4v) is 2.27. The highest BCUT2D eigenvalue weighted by Crippen LogP contribution is 2.30. The Balaban J connectivity index is 2.20. The zero-order chi connectivity index (χ0) is 12.3. The van der Waals surface area contributed by atoms with Crippen LogP contribution in [0.25, 0.3) is 11.0 Å². The lowest BCUT2D eigenvalue weighted by molar-refractivity contribution is 0.605. The SMILES string of the molecule is CCCNCCc1coc2c(Cl)ccc(C)c12. The van der Waals surface area contributed by atoms with Crippen LogP contribution in [0, 0.1) is 6.92 Å². The zero-order valence-corrected chi connectivity index (χ0v) is 11.1. The molecule has 2 aromatic rings. The predicted molar refractivity (Wildman–Crippen MR) is 72.8 cm³/mol. The Morgan fingerprint density at radius 1 is 1.29 bits per heavy atom. The number of hydrogen-bond donors (Lipinski definition) is 1. The lowest BCUT2D eigenvalue weighted by Gasteiger charge is -2.03. The summed E-state index contributed by atoms with van der Waals surface area (Å²) in [7, 11) is 0. The van der Waals surface area contributed by atoms with E-state index in [4.69, 9.17) is 16.0 Å². The quantitative estimate of drug-likeness (QED) is 0.815. The van der Waals surface area contributed by atoms with E-state index in [0.29, 0.717) is 5.02 Å². The van der Waals surface area contributed by atoms with Crippen molar-refractivity contribution in [2.75, 3.05) is 13.1 Å². The Bertz CT molecular complexity index is 504. The number of hydrogen-bond acceptors (Lipinski definition) is 2. The average Bonchev–Trinajstić information content (AvgIpc) is 2.75. The summed E-state index contributed by atoms with van der Waals surface area (Å²) in [6.07, 6.45) is 3.97. The molecule has 0 aliphatic heterocycles. The maximum absolute atomic E-state index is 6.12. The molecule has 1 N–H and O–H groups in total. The van der Waals surface area contributed by atoms with E-state index in [1.807, 2.05) is 18.4 Å². The van der Waals surface area contributed by atoms with Crippen LogP contribution in [-0.4, -0.2) is 13.1 Å². The van der Waals surface area contributed by atoms with Crippen LogP contribution in [0.1, 0.15) is 24.5 Å². The van der Waals surface area contributed by atoms with Gasteiger partial charge in [0.1, 0.15) is 0 Å². The Morgan fingerprint density at radius 3 is 2.88 bits per heavy atom. The molecule has 0 bridgehead atoms. The van der Waals surface area contributed by atoms with Gasteiger partial charge in [-0.2, -0.15) is 0 Å². The van der Waals surface area contributed by atoms with Gasteiger partial charge in [-0.25, -0.2) is 0 Å². The summed E-state index contributed by atoms with van der Waals surface area (Å²) in [5.41, 5.74) is 3.28. The molecular weight excluding hydrogens is 234 g/mol. The van der Waals surface area contributed by atoms with Crippen molar-refractivity contribution in [3.05, 3.63) is 34.5 Å². The topological polar surface area (TPSA) is 25.2 Å². The van der Waals surface area contributed by atoms with Crippen LogP contribution in [0.15, 0.2) is 22.8 Å². The van der Waals surface area contributed by atoms with Crippen LogP contribution >= 0.6 is 11.6 Å². The van der Waals surface area contributed by atoms with Crippen LogP contribution in [0.3, 0.4) is 0 Å². The molecule has 17 heavy (non-hydrogen) atoms. The third kappa shape index (κ3) is 2.64. The number of aryl methyl sites for hydroxylation is 1. The molecular formula is C14H18ClNO. The molecule has 92 valence electrons. The maximum atomic E-state index is 6.12. The highest BCUT2D eigenvalue weighted by molar-refractivity contribution is 6.35. The van der Waals surface area contributed by atoms with E-state index in [-0.39, 0.29) is 0 Å². The van der Waals surface area contributed by atoms with Gasteiger partial charge in [0.15, 0.2) is 5.58 Å². The minimum Gasteiger partial charge on any atom is -0.462 e. The number of furan rings is 1. The molecule has 0 fully saturated rings. The number of rotatable bonds is 5. The summed E-state index contributed by atoms with van der Waals surface area (Å²) in [4.78, 5) is 0. The van der Waals surface area contributed by atoms with Crippen molar-refractivity contribution in [2.24, 2.45) is 0 Å². The minimum absolute atomic E-state index is 0.693. The monoisotopic (exact) mass is 251 g/mol. The van der Waals surface area contributed by atoms with Crippen LogP contribution < -0.4 is 5.32 Å². The fourth-order valence-electron chi connectivity index (χ4n) is 2.07. The number of benzene rings is 1. The fraction of sp³-hybridized carbons (Fsp3) is 0.429. The van der Waals surface area contributed by atoms with Gasteiger partial charge in [-0.3, -0.25) is 0 Å². The first-order chi connectivity index (χ1) is 8.24. The number of fused-ring (bicyclic) bond motifs is 1. The van der Waals surface area contributed by atoms with Gasteiger partial charge in [0.2, 0.25) is 0 Å². The molecule has 0 radical (unpaired) electrons. The Hall–Kier alpha value is -0.990. The van der Waals surface area contributed by atoms with E-state index in [2.05, 4.69) is 19.2 Å². The van der Waals surface area contributed by atoms with Crippen molar-refractivity contribution in [1.82, 2.24) is 5.32 Å². The molecule has 0 unspecified atom stereocenters. The van der Waals surface area contributed by atoms with Crippen molar-refractivity contribution < 1.29 is 4.42 Å². The van der Waals surface area contributed by atoms with Crippen LogP contribution in [0.4, 0.5) is 0 Å². The summed E-state index contributed by atoms with van der Waals surface area (Å²) in [6.45, 7) is 6.31. The summed E-state index contributed by atoms with van der Waals surface area (Å²) in [5, 5.41) is 5.27. The van der Waals surface area contributed by atoms with Gasteiger partial charge in [-0.05, 0) is 50.0 Å². The molecule has 2 nitrogen and oxygen atoms in total. The highest BCUT2D eigenvalue weighted by Gasteiger charge is 2.10. The molecule has 0 atom stereocenters. The van der Waals surface area contributed by atoms with Crippen molar-refractivity contribution >= 4 is 22.6 Å². The molecule has 0 saturated heterocycles. The minimum atomic E-state index is 0.693. The lowest BCUT2D eigenvalue weighted by Crippen LogP contribution is -2.17.